The lowest BCUT2D eigenvalue weighted by Crippen LogP contribution is -2.60. The quantitative estimate of drug-likeness (QED) is 0.0651. The van der Waals surface area contributed by atoms with Gasteiger partial charge in [-0.2, -0.15) is 11.8 Å². The molecule has 3 fully saturated rings. The lowest BCUT2D eigenvalue weighted by atomic mass is 9.77. The van der Waals surface area contributed by atoms with Crippen molar-refractivity contribution in [3.63, 3.8) is 0 Å². The average molecular weight is 1240 g/mol. The number of nitrogens with zero attached hydrogens (tertiary/aromatic N) is 8. The van der Waals surface area contributed by atoms with Crippen molar-refractivity contribution in [2.75, 3.05) is 53.8 Å². The summed E-state index contributed by atoms with van der Waals surface area (Å²) >= 11 is 3.59. The standard InChI is InChI=1S/C54H88FIN8O13S/c1-15-78-29-38-28-63(59-58-38)39-18-16-36(17-19-39)45(71-13)41(25-55)64-27-37(57-60-64)20-21-61(11)40-22-31(3)73-50(43(40)65)76-48-32(4)44(75-42-24-53(9,72-14)47(67)35(7)74-42)33(5)49(68)77-51(56)54(10,70)46(66)34(6)62(12)26-30(2)23-52(48,8)69/h16-19,27-28,30-35,40-48,50-51,65-67,69-70H,15,20-26,29H2,1-14H3/t30-,31-,32+,33-,34-,35+,40+,41-,42+,43-,44+,45-,46-,47+,48-,50+,51+,52-,53-,54+/m1/s1. The molecule has 0 radical (unpaired) electrons. The maximum atomic E-state index is 15.0. The second-order valence-corrected chi connectivity index (χ2v) is 25.2. The second-order valence-electron chi connectivity index (χ2n) is 22.8. The predicted molar refractivity (Wildman–Crippen MR) is 299 cm³/mol. The Kier molecular flexibility index (Phi) is 22.9. The van der Waals surface area contributed by atoms with E-state index in [4.69, 9.17) is 33.2 Å². The number of carbonyl (C=O) groups excluding carboxylic acids is 1. The van der Waals surface area contributed by atoms with Crippen LogP contribution in [0.5, 0.6) is 0 Å². The number of aliphatic hydroxyl groups excluding tert-OH is 3. The maximum Gasteiger partial charge on any atom is 0.312 e. The Balaban J connectivity index is 1.23. The number of esters is 1. The van der Waals surface area contributed by atoms with Gasteiger partial charge in [-0.25, -0.2) is 13.8 Å². The van der Waals surface area contributed by atoms with Crippen LogP contribution in [0.15, 0.2) is 36.7 Å². The molecule has 3 aliphatic heterocycles. The number of aromatic nitrogens is 6. The van der Waals surface area contributed by atoms with Gasteiger partial charge in [0.25, 0.3) is 0 Å². The van der Waals surface area contributed by atoms with E-state index in [1.54, 1.807) is 64.2 Å². The highest BCUT2D eigenvalue weighted by Crippen LogP contribution is 2.41. The molecule has 0 aliphatic carbocycles. The van der Waals surface area contributed by atoms with E-state index < -0.39 is 125 Å². The molecule has 5 heterocycles. The van der Waals surface area contributed by atoms with Gasteiger partial charge in [-0.15, -0.1) is 10.2 Å². The fourth-order valence-electron chi connectivity index (χ4n) is 11.4. The third kappa shape index (κ3) is 15.2. The van der Waals surface area contributed by atoms with Gasteiger partial charge < -0.3 is 68.5 Å². The molecule has 442 valence electrons. The summed E-state index contributed by atoms with van der Waals surface area (Å²) in [5.41, 5.74) is -1.58. The van der Waals surface area contributed by atoms with Crippen molar-refractivity contribution >= 4 is 40.3 Å². The second kappa shape index (κ2) is 27.7. The molecule has 78 heavy (non-hydrogen) atoms. The smallest absolute Gasteiger partial charge is 0.312 e. The Morgan fingerprint density at radius 3 is 2.27 bits per heavy atom. The molecular formula is C54H88FIN8O13S. The minimum atomic E-state index is -1.88. The van der Waals surface area contributed by atoms with E-state index in [9.17, 15) is 34.7 Å². The van der Waals surface area contributed by atoms with Gasteiger partial charge in [-0.1, -0.05) is 43.3 Å². The lowest BCUT2D eigenvalue weighted by Gasteiger charge is -2.49. The van der Waals surface area contributed by atoms with Crippen LogP contribution in [0.25, 0.3) is 5.69 Å². The Labute approximate surface area is 477 Å². The Hall–Kier alpha value is -2.54. The fraction of sp³-hybridized carbons (Fsp3) is 0.796. The molecule has 24 heteroatoms. The number of benzene rings is 1. The van der Waals surface area contributed by atoms with Gasteiger partial charge in [-0.05, 0) is 127 Å². The predicted octanol–water partition coefficient (Wildman–Crippen LogP) is 4.82. The zero-order valence-corrected chi connectivity index (χ0v) is 50.9. The molecule has 0 saturated carbocycles. The number of thioether (sulfide) groups is 1. The van der Waals surface area contributed by atoms with Gasteiger partial charge in [0, 0.05) is 70.1 Å². The summed E-state index contributed by atoms with van der Waals surface area (Å²) in [6.45, 7) is 17.7. The van der Waals surface area contributed by atoms with Crippen molar-refractivity contribution in [1.29, 1.82) is 0 Å². The summed E-state index contributed by atoms with van der Waals surface area (Å²) in [6, 6.07) is 5.63. The molecule has 1 aromatic carbocycles. The van der Waals surface area contributed by atoms with Crippen LogP contribution in [0, 0.1) is 17.8 Å². The van der Waals surface area contributed by atoms with Crippen LogP contribution >= 0.6 is 34.4 Å². The van der Waals surface area contributed by atoms with Crippen LogP contribution in [0.4, 0.5) is 4.39 Å². The van der Waals surface area contributed by atoms with Crippen molar-refractivity contribution in [1.82, 2.24) is 39.8 Å². The molecular weight excluding hydrogens is 1150 g/mol. The molecule has 3 aliphatic rings. The number of hydrogen-bond acceptors (Lipinski definition) is 20. The molecule has 0 unspecified atom stereocenters. The summed E-state index contributed by atoms with van der Waals surface area (Å²) in [5, 5.41) is 76.8. The first-order valence-electron chi connectivity index (χ1n) is 27.2. The monoisotopic (exact) mass is 1230 g/mol. The number of likely N-dealkylation sites (N-methyl/N-ethyl adjacent to an activating group) is 2. The number of ether oxygens (including phenoxy) is 7. The molecule has 21 nitrogen and oxygen atoms in total. The highest BCUT2D eigenvalue weighted by Gasteiger charge is 2.53. The van der Waals surface area contributed by atoms with Crippen LogP contribution in [0.3, 0.4) is 0 Å². The fourth-order valence-corrected chi connectivity index (χ4v) is 12.6. The van der Waals surface area contributed by atoms with E-state index >= 15 is 0 Å². The first kappa shape index (κ1) is 64.6. The zero-order valence-electron chi connectivity index (χ0n) is 47.9. The highest BCUT2D eigenvalue weighted by molar-refractivity contribution is 14.1. The molecule has 5 N–H and O–H groups in total. The molecule has 20 atom stereocenters. The summed E-state index contributed by atoms with van der Waals surface area (Å²) in [7, 11) is 6.73. The molecule has 3 saturated heterocycles. The van der Waals surface area contributed by atoms with Crippen molar-refractivity contribution in [3.05, 3.63) is 53.6 Å². The normalized spacial score (nSPS) is 37.9. The number of rotatable bonds is 18. The lowest BCUT2D eigenvalue weighted by molar-refractivity contribution is -0.318. The van der Waals surface area contributed by atoms with Gasteiger partial charge in [-0.3, -0.25) is 4.79 Å². The number of cyclic esters (lactones) is 1. The van der Waals surface area contributed by atoms with E-state index in [0.29, 0.717) is 31.6 Å². The van der Waals surface area contributed by atoms with Gasteiger partial charge in [0.15, 0.2) is 16.7 Å². The molecule has 0 bridgehead atoms. The number of hydrogen-bond donors (Lipinski definition) is 5. The van der Waals surface area contributed by atoms with Crippen LogP contribution in [-0.4, -0.2) is 213 Å². The minimum Gasteiger partial charge on any atom is -0.448 e. The van der Waals surface area contributed by atoms with Crippen LogP contribution in [-0.2, 0) is 50.1 Å². The molecule has 6 rings (SSSR count). The zero-order chi connectivity index (χ0) is 57.6. The first-order chi connectivity index (χ1) is 36.7. The van der Waals surface area contributed by atoms with E-state index in [1.807, 2.05) is 90.8 Å². The number of aliphatic hydroxyl groups is 5. The summed E-state index contributed by atoms with van der Waals surface area (Å²) in [4.78, 5) is 18.3. The third-order valence-corrected chi connectivity index (χ3v) is 18.8. The minimum absolute atomic E-state index is 0.0789. The Morgan fingerprint density at radius 2 is 1.63 bits per heavy atom. The van der Waals surface area contributed by atoms with E-state index in [2.05, 4.69) is 27.5 Å². The Morgan fingerprint density at radius 1 is 0.949 bits per heavy atom. The van der Waals surface area contributed by atoms with Gasteiger partial charge >= 0.3 is 5.97 Å². The SMILES string of the molecule is CCSCc1cn(-c2ccc([C@@H](OC)[C@@H](CF)n3cc(CCN(C)[C@H]4C[C@@H](C)O[C@@H](O[C@@H]5[C@@H](C)[C@H](O[C@H]6C[C@@](C)(OC)[C@@H](O)[C@H](C)O6)[C@@H](C)C(=O)O[C@H](I)[C@@](C)(O)[C@H](O)[C@@H](C)N(C)C[C@H](C)C[C@@]5(C)O)[C@@H]4O)nn3)cc2)nn1. The largest absolute Gasteiger partial charge is 0.448 e. The van der Waals surface area contributed by atoms with Gasteiger partial charge in [0.05, 0.1) is 64.8 Å². The topological polar surface area (TPSA) is 251 Å². The first-order valence-corrected chi connectivity index (χ1v) is 29.6. The van der Waals surface area contributed by atoms with Gasteiger partial charge in [0.1, 0.15) is 42.7 Å². The average Bonchev–Trinajstić information content (AvgIpc) is 4.10. The summed E-state index contributed by atoms with van der Waals surface area (Å²) in [5.74, 6) is -1.17. The number of alkyl halides is 2. The van der Waals surface area contributed by atoms with Crippen molar-refractivity contribution in [3.8, 4) is 5.69 Å². The number of methoxy groups -OCH3 is 2. The van der Waals surface area contributed by atoms with E-state index in [1.165, 1.54) is 25.8 Å². The van der Waals surface area contributed by atoms with Crippen molar-refractivity contribution in [2.24, 2.45) is 17.8 Å². The summed E-state index contributed by atoms with van der Waals surface area (Å²) in [6.07, 6.45) is -5.28. The van der Waals surface area contributed by atoms with Crippen LogP contribution < -0.4 is 0 Å². The van der Waals surface area contributed by atoms with Crippen molar-refractivity contribution < 1.29 is 67.9 Å². The highest BCUT2D eigenvalue weighted by atomic mass is 127. The summed E-state index contributed by atoms with van der Waals surface area (Å²) < 4.78 is 61.0. The third-order valence-electron chi connectivity index (χ3n) is 16.4. The number of halogens is 2. The molecule has 0 spiro atoms. The van der Waals surface area contributed by atoms with E-state index in [0.717, 1.165) is 28.5 Å². The molecule has 3 aromatic rings. The molecule has 2 aromatic heterocycles. The van der Waals surface area contributed by atoms with E-state index in [-0.39, 0.29) is 18.8 Å². The van der Waals surface area contributed by atoms with Crippen molar-refractivity contribution in [2.45, 2.75) is 201 Å². The van der Waals surface area contributed by atoms with Crippen LogP contribution in [0.1, 0.15) is 118 Å². The maximum absolute atomic E-state index is 15.0. The van der Waals surface area contributed by atoms with Crippen LogP contribution in [0.2, 0.25) is 0 Å². The Bertz CT molecular complexity index is 2340. The number of carbonyl (C=O) groups is 1. The molecule has 0 amide bonds. The van der Waals surface area contributed by atoms with Gasteiger partial charge in [0.2, 0.25) is 0 Å².